The smallest absolute Gasteiger partial charge is 0.224 e. The Hall–Kier alpha value is -4.26. The zero-order chi connectivity index (χ0) is 22.7. The van der Waals surface area contributed by atoms with E-state index in [-0.39, 0.29) is 18.9 Å². The summed E-state index contributed by atoms with van der Waals surface area (Å²) in [7, 11) is 0. The molecule has 0 saturated carbocycles. The number of ether oxygens (including phenoxy) is 1. The number of nitrogens with zero attached hydrogens (tertiary/aromatic N) is 6. The molecule has 162 valence electrons. The lowest BCUT2D eigenvalue weighted by Gasteiger charge is -2.11. The number of amides is 1. The predicted octanol–water partition coefficient (Wildman–Crippen LogP) is 3.06. The lowest BCUT2D eigenvalue weighted by atomic mass is 10.1. The molecule has 0 aliphatic carbocycles. The molecule has 0 atom stereocenters. The first kappa shape index (κ1) is 21.0. The van der Waals surface area contributed by atoms with Crippen molar-refractivity contribution in [3.63, 3.8) is 0 Å². The number of anilines is 1. The standard InChI is InChI=1S/C22H21N7O3/c1-13-19(14(2)29-22(25-13)16(10-23)11-24-29)8-9-21(30)27-17-4-6-18(7-5-17)31-12-20-26-15(3)32-28-20/h4-7,11H,8-9,12H2,1-3H3,(H,27,30). The van der Waals surface area contributed by atoms with Gasteiger partial charge in [0, 0.05) is 30.4 Å². The number of carbonyl (C=O) groups is 1. The third kappa shape index (κ3) is 4.41. The molecule has 10 heteroatoms. The molecule has 0 saturated heterocycles. The summed E-state index contributed by atoms with van der Waals surface area (Å²) >= 11 is 0. The topological polar surface area (TPSA) is 131 Å². The van der Waals surface area contributed by atoms with Crippen molar-refractivity contribution in [3.8, 4) is 11.8 Å². The maximum Gasteiger partial charge on any atom is 0.224 e. The van der Waals surface area contributed by atoms with Crippen LogP contribution >= 0.6 is 0 Å². The van der Waals surface area contributed by atoms with Gasteiger partial charge in [-0.2, -0.15) is 15.3 Å². The van der Waals surface area contributed by atoms with E-state index >= 15 is 0 Å². The second-order valence-electron chi connectivity index (χ2n) is 7.26. The van der Waals surface area contributed by atoms with E-state index in [1.807, 2.05) is 13.8 Å². The Labute approximate surface area is 183 Å². The van der Waals surface area contributed by atoms with Gasteiger partial charge in [0.05, 0.1) is 6.20 Å². The van der Waals surface area contributed by atoms with Crippen molar-refractivity contribution in [2.75, 3.05) is 5.32 Å². The van der Waals surface area contributed by atoms with Crippen LogP contribution in [0.2, 0.25) is 0 Å². The fourth-order valence-corrected chi connectivity index (χ4v) is 3.40. The van der Waals surface area contributed by atoms with Gasteiger partial charge in [0.25, 0.3) is 0 Å². The quantitative estimate of drug-likeness (QED) is 0.472. The molecule has 1 aromatic carbocycles. The molecule has 0 bridgehead atoms. The van der Waals surface area contributed by atoms with Crippen LogP contribution in [0, 0.1) is 32.1 Å². The Bertz CT molecular complexity index is 1320. The maximum absolute atomic E-state index is 12.5. The first-order valence-electron chi connectivity index (χ1n) is 10.0. The number of aryl methyl sites for hydroxylation is 3. The van der Waals surface area contributed by atoms with Crippen molar-refractivity contribution in [2.45, 2.75) is 40.2 Å². The Morgan fingerprint density at radius 2 is 2.00 bits per heavy atom. The van der Waals surface area contributed by atoms with Gasteiger partial charge in [0.1, 0.15) is 17.4 Å². The van der Waals surface area contributed by atoms with Crippen LogP contribution in [0.1, 0.15) is 40.7 Å². The average Bonchev–Trinajstić information content (AvgIpc) is 3.38. The van der Waals surface area contributed by atoms with E-state index in [1.54, 1.807) is 35.7 Å². The van der Waals surface area contributed by atoms with Crippen LogP contribution in [0.5, 0.6) is 5.75 Å². The summed E-state index contributed by atoms with van der Waals surface area (Å²) in [5.74, 6) is 1.47. The summed E-state index contributed by atoms with van der Waals surface area (Å²) in [5, 5.41) is 20.1. The molecule has 4 aromatic rings. The Balaban J connectivity index is 1.34. The molecule has 4 rings (SSSR count). The van der Waals surface area contributed by atoms with Gasteiger partial charge in [-0.3, -0.25) is 4.79 Å². The highest BCUT2D eigenvalue weighted by molar-refractivity contribution is 5.90. The van der Waals surface area contributed by atoms with Crippen LogP contribution in [0.15, 0.2) is 35.0 Å². The van der Waals surface area contributed by atoms with Gasteiger partial charge in [0.15, 0.2) is 12.3 Å². The number of nitriles is 1. The third-order valence-corrected chi connectivity index (χ3v) is 5.01. The van der Waals surface area contributed by atoms with Gasteiger partial charge in [-0.05, 0) is 50.1 Å². The minimum absolute atomic E-state index is 0.113. The first-order valence-corrected chi connectivity index (χ1v) is 10.0. The highest BCUT2D eigenvalue weighted by atomic mass is 16.5. The third-order valence-electron chi connectivity index (χ3n) is 5.01. The average molecular weight is 431 g/mol. The normalized spacial score (nSPS) is 10.8. The molecule has 0 aliphatic heterocycles. The van der Waals surface area contributed by atoms with Crippen LogP contribution in [-0.2, 0) is 17.8 Å². The van der Waals surface area contributed by atoms with Gasteiger partial charge >= 0.3 is 0 Å². The Morgan fingerprint density at radius 1 is 1.22 bits per heavy atom. The number of benzene rings is 1. The van der Waals surface area contributed by atoms with Crippen LogP contribution < -0.4 is 10.1 Å². The number of hydrogen-bond donors (Lipinski definition) is 1. The van der Waals surface area contributed by atoms with Crippen LogP contribution in [0.4, 0.5) is 5.69 Å². The molecule has 3 aromatic heterocycles. The van der Waals surface area contributed by atoms with Crippen molar-refractivity contribution < 1.29 is 14.1 Å². The Morgan fingerprint density at radius 3 is 2.69 bits per heavy atom. The van der Waals surface area contributed by atoms with Crippen molar-refractivity contribution in [3.05, 3.63) is 64.7 Å². The number of aromatic nitrogens is 5. The lowest BCUT2D eigenvalue weighted by Crippen LogP contribution is -2.14. The monoisotopic (exact) mass is 431 g/mol. The summed E-state index contributed by atoms with van der Waals surface area (Å²) in [6.07, 6.45) is 2.30. The molecule has 1 N–H and O–H groups in total. The van der Waals surface area contributed by atoms with E-state index in [4.69, 9.17) is 9.26 Å². The molecule has 0 aliphatic rings. The number of fused-ring (bicyclic) bond motifs is 1. The van der Waals surface area contributed by atoms with E-state index in [2.05, 4.69) is 31.6 Å². The van der Waals surface area contributed by atoms with Crippen LogP contribution in [-0.4, -0.2) is 30.6 Å². The number of carbonyl (C=O) groups excluding carboxylic acids is 1. The molecular weight excluding hydrogens is 410 g/mol. The first-order chi connectivity index (χ1) is 15.4. The molecule has 1 amide bonds. The zero-order valence-corrected chi connectivity index (χ0v) is 17.9. The van der Waals surface area contributed by atoms with Crippen LogP contribution in [0.25, 0.3) is 5.65 Å². The fraction of sp³-hybridized carbons (Fsp3) is 0.273. The summed E-state index contributed by atoms with van der Waals surface area (Å²) in [5.41, 5.74) is 4.25. The molecule has 32 heavy (non-hydrogen) atoms. The number of hydrogen-bond acceptors (Lipinski definition) is 8. The van der Waals surface area contributed by atoms with Gasteiger partial charge in [-0.1, -0.05) is 5.16 Å². The molecule has 0 unspecified atom stereocenters. The van der Waals surface area contributed by atoms with Gasteiger partial charge in [-0.25, -0.2) is 9.50 Å². The SMILES string of the molecule is Cc1nc(COc2ccc(NC(=O)CCc3c(C)nc4c(C#N)cnn4c3C)cc2)no1. The van der Waals surface area contributed by atoms with E-state index in [1.165, 1.54) is 6.20 Å². The Kier molecular flexibility index (Phi) is 5.81. The van der Waals surface area contributed by atoms with E-state index < -0.39 is 0 Å². The summed E-state index contributed by atoms with van der Waals surface area (Å²) in [4.78, 5) is 21.0. The minimum atomic E-state index is -0.113. The summed E-state index contributed by atoms with van der Waals surface area (Å²) in [6.45, 7) is 5.71. The van der Waals surface area contributed by atoms with E-state index in [0.717, 1.165) is 17.0 Å². The molecular formula is C22H21N7O3. The lowest BCUT2D eigenvalue weighted by molar-refractivity contribution is -0.116. The minimum Gasteiger partial charge on any atom is -0.485 e. The largest absolute Gasteiger partial charge is 0.485 e. The molecule has 10 nitrogen and oxygen atoms in total. The highest BCUT2D eigenvalue weighted by Gasteiger charge is 2.15. The van der Waals surface area contributed by atoms with Gasteiger partial charge < -0.3 is 14.6 Å². The number of nitrogens with one attached hydrogen (secondary N) is 1. The number of rotatable bonds is 7. The zero-order valence-electron chi connectivity index (χ0n) is 17.9. The van der Waals surface area contributed by atoms with Crippen LogP contribution in [0.3, 0.4) is 0 Å². The van der Waals surface area contributed by atoms with Crippen molar-refractivity contribution in [2.24, 2.45) is 0 Å². The van der Waals surface area contributed by atoms with E-state index in [9.17, 15) is 10.1 Å². The fourth-order valence-electron chi connectivity index (χ4n) is 3.40. The van der Waals surface area contributed by atoms with Crippen molar-refractivity contribution in [1.29, 1.82) is 5.26 Å². The second-order valence-corrected chi connectivity index (χ2v) is 7.26. The molecule has 0 fully saturated rings. The highest BCUT2D eigenvalue weighted by Crippen LogP contribution is 2.20. The molecule has 0 radical (unpaired) electrons. The van der Waals surface area contributed by atoms with Crippen molar-refractivity contribution in [1.82, 2.24) is 24.7 Å². The predicted molar refractivity (Wildman–Crippen MR) is 114 cm³/mol. The summed E-state index contributed by atoms with van der Waals surface area (Å²) < 4.78 is 12.2. The van der Waals surface area contributed by atoms with E-state index in [0.29, 0.717) is 40.8 Å². The summed E-state index contributed by atoms with van der Waals surface area (Å²) in [6, 6.07) is 9.16. The molecule has 0 spiro atoms. The molecule has 3 heterocycles. The van der Waals surface area contributed by atoms with Gasteiger partial charge in [0.2, 0.25) is 17.6 Å². The maximum atomic E-state index is 12.5. The van der Waals surface area contributed by atoms with Gasteiger partial charge in [-0.15, -0.1) is 0 Å². The van der Waals surface area contributed by atoms with Crippen molar-refractivity contribution >= 4 is 17.2 Å². The second kappa shape index (κ2) is 8.85.